The molecule has 0 radical (unpaired) electrons. The molecule has 6 heteroatoms. The van der Waals surface area contributed by atoms with Crippen LogP contribution >= 0.6 is 0 Å². The molecule has 2 N–H and O–H groups in total. The highest BCUT2D eigenvalue weighted by molar-refractivity contribution is 5.84. The van der Waals surface area contributed by atoms with E-state index in [0.717, 1.165) is 25.9 Å². The lowest BCUT2D eigenvalue weighted by atomic mass is 10.1. The van der Waals surface area contributed by atoms with Gasteiger partial charge in [0.1, 0.15) is 5.76 Å². The van der Waals surface area contributed by atoms with Crippen LogP contribution in [-0.4, -0.2) is 53.5 Å². The van der Waals surface area contributed by atoms with E-state index in [1.54, 1.807) is 6.07 Å². The van der Waals surface area contributed by atoms with E-state index in [9.17, 15) is 4.79 Å². The highest BCUT2D eigenvalue weighted by Gasteiger charge is 2.20. The van der Waals surface area contributed by atoms with Gasteiger partial charge in [0.2, 0.25) is 5.76 Å². The Kier molecular flexibility index (Phi) is 4.95. The molecule has 1 saturated heterocycles. The van der Waals surface area contributed by atoms with E-state index < -0.39 is 5.97 Å². The third-order valence-corrected chi connectivity index (χ3v) is 3.23. The molecule has 0 bridgehead atoms. The Morgan fingerprint density at radius 3 is 2.74 bits per heavy atom. The van der Waals surface area contributed by atoms with Crippen molar-refractivity contribution in [2.24, 2.45) is 0 Å². The zero-order valence-electron chi connectivity index (χ0n) is 10.7. The van der Waals surface area contributed by atoms with Crippen LogP contribution in [0, 0.1) is 0 Å². The van der Waals surface area contributed by atoms with Gasteiger partial charge in [0, 0.05) is 13.1 Å². The zero-order valence-corrected chi connectivity index (χ0v) is 10.7. The monoisotopic (exact) mass is 269 g/mol. The quantitative estimate of drug-likeness (QED) is 0.800. The number of aromatic carboxylic acids is 1. The van der Waals surface area contributed by atoms with Crippen molar-refractivity contribution in [1.82, 2.24) is 4.90 Å². The summed E-state index contributed by atoms with van der Waals surface area (Å²) in [4.78, 5) is 12.9. The van der Waals surface area contributed by atoms with Crippen molar-refractivity contribution in [2.45, 2.75) is 25.5 Å². The molecule has 1 aliphatic rings. The largest absolute Gasteiger partial charge is 0.475 e. The first-order valence-corrected chi connectivity index (χ1v) is 6.46. The second-order valence-corrected chi connectivity index (χ2v) is 4.64. The van der Waals surface area contributed by atoms with Crippen LogP contribution in [0.5, 0.6) is 0 Å². The number of carbonyl (C=O) groups is 1. The second-order valence-electron chi connectivity index (χ2n) is 4.64. The smallest absolute Gasteiger partial charge is 0.371 e. The first-order chi connectivity index (χ1) is 9.19. The van der Waals surface area contributed by atoms with E-state index in [4.69, 9.17) is 19.4 Å². The van der Waals surface area contributed by atoms with Crippen LogP contribution in [0.25, 0.3) is 0 Å². The van der Waals surface area contributed by atoms with Gasteiger partial charge in [-0.05, 0) is 25.0 Å². The van der Waals surface area contributed by atoms with Crippen molar-refractivity contribution in [3.05, 3.63) is 23.7 Å². The van der Waals surface area contributed by atoms with E-state index in [-0.39, 0.29) is 18.5 Å². The summed E-state index contributed by atoms with van der Waals surface area (Å²) >= 11 is 0. The SMILES string of the molecule is O=C(O)c1ccc(CN2CCC(OCCO)CC2)o1. The predicted octanol–water partition coefficient (Wildman–Crippen LogP) is 0.951. The third-order valence-electron chi connectivity index (χ3n) is 3.23. The minimum Gasteiger partial charge on any atom is -0.475 e. The molecule has 2 heterocycles. The number of aliphatic hydroxyl groups excluding tert-OH is 1. The Balaban J connectivity index is 1.77. The lowest BCUT2D eigenvalue weighted by Gasteiger charge is -2.31. The molecule has 2 rings (SSSR count). The highest BCUT2D eigenvalue weighted by atomic mass is 16.5. The standard InChI is InChI=1S/C13H19NO5/c15-7-8-18-10-3-5-14(6-4-10)9-11-1-2-12(19-11)13(16)17/h1-2,10,15H,3-9H2,(H,16,17). The van der Waals surface area contributed by atoms with Crippen LogP contribution in [0.1, 0.15) is 29.2 Å². The number of aliphatic hydroxyl groups is 1. The summed E-state index contributed by atoms with van der Waals surface area (Å²) in [6.45, 7) is 2.85. The van der Waals surface area contributed by atoms with Gasteiger partial charge in [-0.1, -0.05) is 0 Å². The average Bonchev–Trinajstić information content (AvgIpc) is 2.87. The second kappa shape index (κ2) is 6.70. The fourth-order valence-electron chi connectivity index (χ4n) is 2.25. The number of likely N-dealkylation sites (tertiary alicyclic amines) is 1. The van der Waals surface area contributed by atoms with Gasteiger partial charge in [-0.3, -0.25) is 4.90 Å². The van der Waals surface area contributed by atoms with Gasteiger partial charge >= 0.3 is 5.97 Å². The Morgan fingerprint density at radius 2 is 2.16 bits per heavy atom. The normalized spacial score (nSPS) is 17.7. The molecule has 1 aromatic rings. The first-order valence-electron chi connectivity index (χ1n) is 6.46. The Labute approximate surface area is 111 Å². The number of ether oxygens (including phenoxy) is 1. The first kappa shape index (κ1) is 14.0. The van der Waals surface area contributed by atoms with Crippen molar-refractivity contribution >= 4 is 5.97 Å². The van der Waals surface area contributed by atoms with Crippen LogP contribution in [0.3, 0.4) is 0 Å². The van der Waals surface area contributed by atoms with Gasteiger partial charge in [-0.25, -0.2) is 4.79 Å². The van der Waals surface area contributed by atoms with Crippen molar-refractivity contribution in [2.75, 3.05) is 26.3 Å². The van der Waals surface area contributed by atoms with Crippen LogP contribution in [0.2, 0.25) is 0 Å². The van der Waals surface area contributed by atoms with Crippen molar-refractivity contribution in [3.8, 4) is 0 Å². The van der Waals surface area contributed by atoms with E-state index >= 15 is 0 Å². The van der Waals surface area contributed by atoms with Crippen LogP contribution < -0.4 is 0 Å². The molecule has 0 amide bonds. The summed E-state index contributed by atoms with van der Waals surface area (Å²) in [5.41, 5.74) is 0. The number of carboxylic acids is 1. The summed E-state index contributed by atoms with van der Waals surface area (Å²) < 4.78 is 10.7. The molecular formula is C13H19NO5. The molecule has 106 valence electrons. The molecule has 1 fully saturated rings. The van der Waals surface area contributed by atoms with Crippen LogP contribution in [0.15, 0.2) is 16.5 Å². The van der Waals surface area contributed by atoms with E-state index in [0.29, 0.717) is 18.9 Å². The molecule has 0 aliphatic carbocycles. The molecule has 0 atom stereocenters. The molecule has 0 unspecified atom stereocenters. The zero-order chi connectivity index (χ0) is 13.7. The summed E-state index contributed by atoms with van der Waals surface area (Å²) in [6.07, 6.45) is 2.06. The van der Waals surface area contributed by atoms with Gasteiger partial charge in [-0.15, -0.1) is 0 Å². The van der Waals surface area contributed by atoms with Crippen LogP contribution in [-0.2, 0) is 11.3 Å². The predicted molar refractivity (Wildman–Crippen MR) is 67.0 cm³/mol. The highest BCUT2D eigenvalue weighted by Crippen LogP contribution is 2.17. The fourth-order valence-corrected chi connectivity index (χ4v) is 2.25. The lowest BCUT2D eigenvalue weighted by Crippen LogP contribution is -2.36. The third kappa shape index (κ3) is 4.05. The molecule has 0 spiro atoms. The molecule has 1 aromatic heterocycles. The van der Waals surface area contributed by atoms with Gasteiger partial charge < -0.3 is 19.4 Å². The minimum absolute atomic E-state index is 0.0174. The molecule has 6 nitrogen and oxygen atoms in total. The number of hydrogen-bond donors (Lipinski definition) is 2. The Hall–Kier alpha value is -1.37. The Bertz CT molecular complexity index is 409. The van der Waals surface area contributed by atoms with E-state index in [1.807, 2.05) is 0 Å². The van der Waals surface area contributed by atoms with E-state index in [1.165, 1.54) is 6.07 Å². The van der Waals surface area contributed by atoms with Gasteiger partial charge in [0.15, 0.2) is 0 Å². The molecule has 19 heavy (non-hydrogen) atoms. The number of rotatable bonds is 6. The summed E-state index contributed by atoms with van der Waals surface area (Å²) in [5.74, 6) is -0.384. The topological polar surface area (TPSA) is 83.1 Å². The molecule has 1 aliphatic heterocycles. The summed E-state index contributed by atoms with van der Waals surface area (Å²) in [5, 5.41) is 17.5. The maximum atomic E-state index is 10.7. The van der Waals surface area contributed by atoms with Crippen LogP contribution in [0.4, 0.5) is 0 Å². The summed E-state index contributed by atoms with van der Waals surface area (Å²) in [6, 6.07) is 3.19. The lowest BCUT2D eigenvalue weighted by molar-refractivity contribution is -0.00996. The number of carboxylic acid groups (broad SMARTS) is 1. The van der Waals surface area contributed by atoms with Crippen molar-refractivity contribution in [1.29, 1.82) is 0 Å². The average molecular weight is 269 g/mol. The number of piperidine rings is 1. The fraction of sp³-hybridized carbons (Fsp3) is 0.615. The van der Waals surface area contributed by atoms with Gasteiger partial charge in [-0.2, -0.15) is 0 Å². The minimum atomic E-state index is -1.04. The molecular weight excluding hydrogens is 250 g/mol. The maximum Gasteiger partial charge on any atom is 0.371 e. The van der Waals surface area contributed by atoms with Gasteiger partial charge in [0.25, 0.3) is 0 Å². The maximum absolute atomic E-state index is 10.7. The van der Waals surface area contributed by atoms with E-state index in [2.05, 4.69) is 4.90 Å². The summed E-state index contributed by atoms with van der Waals surface area (Å²) in [7, 11) is 0. The van der Waals surface area contributed by atoms with Crippen molar-refractivity contribution in [3.63, 3.8) is 0 Å². The number of furan rings is 1. The van der Waals surface area contributed by atoms with Gasteiger partial charge in [0.05, 0.1) is 25.9 Å². The Morgan fingerprint density at radius 1 is 1.42 bits per heavy atom. The molecule has 0 saturated carbocycles. The molecule has 0 aromatic carbocycles. The number of nitrogens with zero attached hydrogens (tertiary/aromatic N) is 1. The van der Waals surface area contributed by atoms with Crippen molar-refractivity contribution < 1.29 is 24.2 Å². The number of hydrogen-bond acceptors (Lipinski definition) is 5.